The van der Waals surface area contributed by atoms with Crippen LogP contribution < -0.4 is 0 Å². The minimum Gasteiger partial charge on any atom is -0.305 e. The molecule has 1 aromatic rings. The maximum Gasteiger partial charge on any atom is 0.264 e. The molecule has 0 N–H and O–H groups in total. The van der Waals surface area contributed by atoms with Gasteiger partial charge in [-0.1, -0.05) is 18.2 Å². The minimum atomic E-state index is 0.519. The second kappa shape index (κ2) is 4.05. The van der Waals surface area contributed by atoms with Gasteiger partial charge in [-0.05, 0) is 30.3 Å². The zero-order valence-electron chi connectivity index (χ0n) is 6.37. The molecular formula is C9H9NS. The van der Waals surface area contributed by atoms with Crippen LogP contribution in [0.4, 0.5) is 0 Å². The molecule has 56 valence electrons. The second-order valence-corrected chi connectivity index (χ2v) is 3.18. The zero-order chi connectivity index (χ0) is 8.10. The van der Waals surface area contributed by atoms with E-state index in [1.807, 2.05) is 18.2 Å². The van der Waals surface area contributed by atoms with Gasteiger partial charge in [0.1, 0.15) is 0 Å². The molecule has 0 heterocycles. The summed E-state index contributed by atoms with van der Waals surface area (Å²) in [7, 11) is 0. The summed E-state index contributed by atoms with van der Waals surface area (Å²) in [6.07, 6.45) is 0. The van der Waals surface area contributed by atoms with Crippen molar-refractivity contribution < 1.29 is 0 Å². The summed E-state index contributed by atoms with van der Waals surface area (Å²) in [4.78, 5) is 4.50. The molecular weight excluding hydrogens is 154 g/mol. The maximum absolute atomic E-state index is 6.63. The molecule has 1 rings (SSSR count). The van der Waals surface area contributed by atoms with Gasteiger partial charge < -0.3 is 4.85 Å². The summed E-state index contributed by atoms with van der Waals surface area (Å²) >= 11 is 1.59. The SMILES string of the molecule is [C-]#[N+]CSc1ccccc1C. The highest BCUT2D eigenvalue weighted by Gasteiger charge is 1.97. The van der Waals surface area contributed by atoms with Crippen molar-refractivity contribution in [3.63, 3.8) is 0 Å². The normalized spacial score (nSPS) is 9.09. The quantitative estimate of drug-likeness (QED) is 0.479. The Morgan fingerprint density at radius 3 is 2.82 bits per heavy atom. The van der Waals surface area contributed by atoms with Crippen molar-refractivity contribution in [2.75, 3.05) is 5.88 Å². The first-order valence-corrected chi connectivity index (χ1v) is 4.35. The van der Waals surface area contributed by atoms with E-state index in [0.717, 1.165) is 0 Å². The van der Waals surface area contributed by atoms with Crippen molar-refractivity contribution in [3.8, 4) is 0 Å². The van der Waals surface area contributed by atoms with Crippen molar-refractivity contribution in [1.82, 2.24) is 0 Å². The molecule has 0 aliphatic heterocycles. The highest BCUT2D eigenvalue weighted by Crippen LogP contribution is 2.21. The predicted molar refractivity (Wildman–Crippen MR) is 48.5 cm³/mol. The average Bonchev–Trinajstić information content (AvgIpc) is 2.03. The number of hydrogen-bond donors (Lipinski definition) is 0. The zero-order valence-corrected chi connectivity index (χ0v) is 7.19. The van der Waals surface area contributed by atoms with Crippen LogP contribution in [0.5, 0.6) is 0 Å². The molecule has 0 saturated carbocycles. The van der Waals surface area contributed by atoms with Gasteiger partial charge in [-0.2, -0.15) is 0 Å². The lowest BCUT2D eigenvalue weighted by molar-refractivity contribution is 1.30. The van der Waals surface area contributed by atoms with Crippen LogP contribution in [0.3, 0.4) is 0 Å². The first kappa shape index (κ1) is 8.16. The molecule has 1 aromatic carbocycles. The Balaban J connectivity index is 2.71. The third-order valence-corrected chi connectivity index (χ3v) is 2.41. The van der Waals surface area contributed by atoms with Crippen molar-refractivity contribution in [1.29, 1.82) is 0 Å². The van der Waals surface area contributed by atoms with E-state index >= 15 is 0 Å². The third-order valence-electron chi connectivity index (χ3n) is 1.38. The van der Waals surface area contributed by atoms with Crippen molar-refractivity contribution in [2.45, 2.75) is 11.8 Å². The Bertz CT molecular complexity index is 275. The summed E-state index contributed by atoms with van der Waals surface area (Å²) in [5.41, 5.74) is 1.25. The Labute approximate surface area is 71.3 Å². The lowest BCUT2D eigenvalue weighted by Crippen LogP contribution is -1.77. The molecule has 0 bridgehead atoms. The number of rotatable bonds is 2. The van der Waals surface area contributed by atoms with E-state index in [-0.39, 0.29) is 0 Å². The molecule has 0 saturated heterocycles. The number of thioether (sulfide) groups is 1. The second-order valence-electron chi connectivity index (χ2n) is 2.20. The molecule has 0 unspecified atom stereocenters. The Hall–Kier alpha value is -0.940. The summed E-state index contributed by atoms with van der Waals surface area (Å²) in [5.74, 6) is 0.519. The number of hydrogen-bond acceptors (Lipinski definition) is 1. The number of benzene rings is 1. The molecule has 0 aromatic heterocycles. The van der Waals surface area contributed by atoms with Crippen molar-refractivity contribution in [2.24, 2.45) is 0 Å². The van der Waals surface area contributed by atoms with E-state index in [1.54, 1.807) is 11.8 Å². The fourth-order valence-electron chi connectivity index (χ4n) is 0.820. The van der Waals surface area contributed by atoms with Crippen molar-refractivity contribution in [3.05, 3.63) is 41.2 Å². The van der Waals surface area contributed by atoms with Gasteiger partial charge in [0.2, 0.25) is 0 Å². The third kappa shape index (κ3) is 2.28. The molecule has 0 amide bonds. The highest BCUT2D eigenvalue weighted by atomic mass is 32.2. The fraction of sp³-hybridized carbons (Fsp3) is 0.222. The van der Waals surface area contributed by atoms with Gasteiger partial charge >= 0.3 is 0 Å². The lowest BCUT2D eigenvalue weighted by Gasteiger charge is -1.98. The molecule has 0 aliphatic carbocycles. The topological polar surface area (TPSA) is 4.36 Å². The Morgan fingerprint density at radius 2 is 2.18 bits per heavy atom. The van der Waals surface area contributed by atoms with E-state index in [2.05, 4.69) is 17.8 Å². The van der Waals surface area contributed by atoms with Crippen LogP contribution in [-0.4, -0.2) is 5.88 Å². The summed E-state index contributed by atoms with van der Waals surface area (Å²) in [5, 5.41) is 0. The molecule has 0 aliphatic rings. The Kier molecular flexibility index (Phi) is 3.00. The molecule has 2 heteroatoms. The van der Waals surface area contributed by atoms with Gasteiger partial charge in [0, 0.05) is 4.90 Å². The molecule has 0 spiro atoms. The van der Waals surface area contributed by atoms with Gasteiger partial charge in [-0.25, -0.2) is 6.57 Å². The van der Waals surface area contributed by atoms with Crippen LogP contribution in [0, 0.1) is 13.5 Å². The molecule has 0 atom stereocenters. The van der Waals surface area contributed by atoms with E-state index < -0.39 is 0 Å². The van der Waals surface area contributed by atoms with Gasteiger partial charge in [-0.3, -0.25) is 0 Å². The van der Waals surface area contributed by atoms with Crippen LogP contribution in [0.15, 0.2) is 29.2 Å². The predicted octanol–water partition coefficient (Wildman–Crippen LogP) is 2.96. The smallest absolute Gasteiger partial charge is 0.264 e. The first-order valence-electron chi connectivity index (χ1n) is 3.36. The summed E-state index contributed by atoms with van der Waals surface area (Å²) in [6.45, 7) is 8.69. The number of aryl methyl sites for hydroxylation is 1. The van der Waals surface area contributed by atoms with Crippen LogP contribution in [0.25, 0.3) is 4.85 Å². The molecule has 0 radical (unpaired) electrons. The monoisotopic (exact) mass is 163 g/mol. The number of nitrogens with zero attached hydrogens (tertiary/aromatic N) is 1. The van der Waals surface area contributed by atoms with Gasteiger partial charge in [0.05, 0.1) is 0 Å². The molecule has 0 fully saturated rings. The van der Waals surface area contributed by atoms with Crippen molar-refractivity contribution >= 4 is 11.8 Å². The van der Waals surface area contributed by atoms with Gasteiger partial charge in [0.15, 0.2) is 0 Å². The van der Waals surface area contributed by atoms with Crippen LogP contribution in [-0.2, 0) is 0 Å². The van der Waals surface area contributed by atoms with Crippen LogP contribution in [0.1, 0.15) is 5.56 Å². The first-order chi connectivity index (χ1) is 5.34. The molecule has 1 nitrogen and oxygen atoms in total. The minimum absolute atomic E-state index is 0.519. The molecule has 11 heavy (non-hydrogen) atoms. The van der Waals surface area contributed by atoms with Gasteiger partial charge in [-0.15, -0.1) is 0 Å². The largest absolute Gasteiger partial charge is 0.305 e. The standard InChI is InChI=1S/C9H9NS/c1-8-5-3-4-6-9(8)11-7-10-2/h3-6H,7H2,1H3. The van der Waals surface area contributed by atoms with Gasteiger partial charge in [0.25, 0.3) is 5.88 Å². The Morgan fingerprint density at radius 1 is 1.45 bits per heavy atom. The highest BCUT2D eigenvalue weighted by molar-refractivity contribution is 7.99. The van der Waals surface area contributed by atoms with Crippen LogP contribution >= 0.6 is 11.8 Å². The summed E-state index contributed by atoms with van der Waals surface area (Å²) in [6, 6.07) is 8.12. The van der Waals surface area contributed by atoms with E-state index in [1.165, 1.54) is 10.5 Å². The van der Waals surface area contributed by atoms with E-state index in [0.29, 0.717) is 5.88 Å². The summed E-state index contributed by atoms with van der Waals surface area (Å²) < 4.78 is 0. The fourth-order valence-corrected chi connectivity index (χ4v) is 1.49. The van der Waals surface area contributed by atoms with E-state index in [9.17, 15) is 0 Å². The van der Waals surface area contributed by atoms with E-state index in [4.69, 9.17) is 6.57 Å². The maximum atomic E-state index is 6.63. The lowest BCUT2D eigenvalue weighted by atomic mass is 10.2. The van der Waals surface area contributed by atoms with Crippen LogP contribution in [0.2, 0.25) is 0 Å². The average molecular weight is 163 g/mol.